The lowest BCUT2D eigenvalue weighted by atomic mass is 9.92. The number of aromatic amines is 1. The first-order chi connectivity index (χ1) is 7.52. The monoisotopic (exact) mass is 216 g/mol. The van der Waals surface area contributed by atoms with E-state index in [1.54, 1.807) is 0 Å². The van der Waals surface area contributed by atoms with Crippen molar-refractivity contribution in [3.8, 4) is 0 Å². The minimum absolute atomic E-state index is 0.166. The molecule has 2 nitrogen and oxygen atoms in total. The van der Waals surface area contributed by atoms with E-state index in [1.165, 1.54) is 22.2 Å². The number of hydrogen-bond acceptors (Lipinski definition) is 1. The predicted octanol–water partition coefficient (Wildman–Crippen LogP) is 2.97. The number of benzene rings is 1. The van der Waals surface area contributed by atoms with Crippen LogP contribution in [0, 0.1) is 0 Å². The van der Waals surface area contributed by atoms with E-state index in [0.29, 0.717) is 6.54 Å². The van der Waals surface area contributed by atoms with Crippen molar-refractivity contribution < 1.29 is 0 Å². The van der Waals surface area contributed by atoms with Crippen LogP contribution in [-0.4, -0.2) is 11.5 Å². The van der Waals surface area contributed by atoms with Gasteiger partial charge in [0, 0.05) is 22.0 Å². The molecule has 0 saturated carbocycles. The van der Waals surface area contributed by atoms with Crippen LogP contribution < -0.4 is 5.73 Å². The third kappa shape index (κ3) is 1.98. The molecule has 2 heteroatoms. The standard InChI is InChI=1S/C14H20N2/c1-14(2,3)13-9-11-10(7-8-15)5-4-6-12(11)16-13/h4-6,9,16H,7-8,15H2,1-3H3. The van der Waals surface area contributed by atoms with Crippen LogP contribution >= 0.6 is 0 Å². The Morgan fingerprint density at radius 2 is 2.00 bits per heavy atom. The molecule has 1 aromatic carbocycles. The largest absolute Gasteiger partial charge is 0.358 e. The minimum atomic E-state index is 0.166. The van der Waals surface area contributed by atoms with Crippen LogP contribution in [0.3, 0.4) is 0 Å². The molecule has 0 fully saturated rings. The van der Waals surface area contributed by atoms with Gasteiger partial charge in [0.1, 0.15) is 0 Å². The highest BCUT2D eigenvalue weighted by atomic mass is 14.7. The summed E-state index contributed by atoms with van der Waals surface area (Å²) in [5.74, 6) is 0. The molecule has 2 aromatic rings. The summed E-state index contributed by atoms with van der Waals surface area (Å²) < 4.78 is 0. The maximum atomic E-state index is 5.63. The average molecular weight is 216 g/mol. The van der Waals surface area contributed by atoms with Gasteiger partial charge < -0.3 is 10.7 Å². The van der Waals surface area contributed by atoms with Gasteiger partial charge in [0.2, 0.25) is 0 Å². The molecule has 1 heterocycles. The number of H-pyrrole nitrogens is 1. The first-order valence-electron chi connectivity index (χ1n) is 5.83. The maximum absolute atomic E-state index is 5.63. The van der Waals surface area contributed by atoms with Gasteiger partial charge >= 0.3 is 0 Å². The molecule has 0 aliphatic rings. The van der Waals surface area contributed by atoms with Crippen molar-refractivity contribution in [3.05, 3.63) is 35.5 Å². The second-order valence-corrected chi connectivity index (χ2v) is 5.35. The summed E-state index contributed by atoms with van der Waals surface area (Å²) in [7, 11) is 0. The number of aromatic nitrogens is 1. The van der Waals surface area contributed by atoms with E-state index in [4.69, 9.17) is 5.73 Å². The lowest BCUT2D eigenvalue weighted by Gasteiger charge is -2.15. The number of fused-ring (bicyclic) bond motifs is 1. The highest BCUT2D eigenvalue weighted by Gasteiger charge is 2.16. The fourth-order valence-corrected chi connectivity index (χ4v) is 2.00. The third-order valence-corrected chi connectivity index (χ3v) is 2.98. The van der Waals surface area contributed by atoms with E-state index in [2.05, 4.69) is 50.0 Å². The smallest absolute Gasteiger partial charge is 0.0459 e. The molecule has 3 N–H and O–H groups in total. The lowest BCUT2D eigenvalue weighted by Crippen LogP contribution is -2.10. The topological polar surface area (TPSA) is 41.8 Å². The van der Waals surface area contributed by atoms with E-state index in [0.717, 1.165) is 6.42 Å². The van der Waals surface area contributed by atoms with Crippen LogP contribution in [0.2, 0.25) is 0 Å². The number of hydrogen-bond donors (Lipinski definition) is 2. The summed E-state index contributed by atoms with van der Waals surface area (Å²) in [5.41, 5.74) is 9.64. The van der Waals surface area contributed by atoms with Crippen molar-refractivity contribution in [2.24, 2.45) is 5.73 Å². The van der Waals surface area contributed by atoms with Crippen LogP contribution in [0.25, 0.3) is 10.9 Å². The summed E-state index contributed by atoms with van der Waals surface area (Å²) in [6.07, 6.45) is 0.943. The van der Waals surface area contributed by atoms with Gasteiger partial charge in [-0.15, -0.1) is 0 Å². The number of rotatable bonds is 2. The summed E-state index contributed by atoms with van der Waals surface area (Å²) >= 11 is 0. The Morgan fingerprint density at radius 1 is 1.25 bits per heavy atom. The Bertz CT molecular complexity index is 489. The molecule has 1 aromatic heterocycles. The molecule has 0 aliphatic carbocycles. The summed E-state index contributed by atoms with van der Waals surface area (Å²) in [4.78, 5) is 3.49. The molecular weight excluding hydrogens is 196 g/mol. The fraction of sp³-hybridized carbons (Fsp3) is 0.429. The molecule has 0 unspecified atom stereocenters. The second-order valence-electron chi connectivity index (χ2n) is 5.35. The predicted molar refractivity (Wildman–Crippen MR) is 69.8 cm³/mol. The normalized spacial score (nSPS) is 12.2. The van der Waals surface area contributed by atoms with Crippen LogP contribution in [0.15, 0.2) is 24.3 Å². The zero-order valence-electron chi connectivity index (χ0n) is 10.3. The lowest BCUT2D eigenvalue weighted by molar-refractivity contribution is 0.574. The molecule has 2 rings (SSSR count). The van der Waals surface area contributed by atoms with Crippen LogP contribution in [0.5, 0.6) is 0 Å². The van der Waals surface area contributed by atoms with E-state index in [1.807, 2.05) is 0 Å². The van der Waals surface area contributed by atoms with Crippen molar-refractivity contribution in [1.29, 1.82) is 0 Å². The van der Waals surface area contributed by atoms with Gasteiger partial charge in [0.15, 0.2) is 0 Å². The Kier molecular flexibility index (Phi) is 2.76. The van der Waals surface area contributed by atoms with Crippen LogP contribution in [-0.2, 0) is 11.8 Å². The fourth-order valence-electron chi connectivity index (χ4n) is 2.00. The van der Waals surface area contributed by atoms with Crippen molar-refractivity contribution in [3.63, 3.8) is 0 Å². The average Bonchev–Trinajstić information content (AvgIpc) is 2.62. The number of nitrogens with two attached hydrogens (primary N) is 1. The van der Waals surface area contributed by atoms with E-state index >= 15 is 0 Å². The molecule has 0 radical (unpaired) electrons. The molecular formula is C14H20N2. The van der Waals surface area contributed by atoms with E-state index in [-0.39, 0.29) is 5.41 Å². The van der Waals surface area contributed by atoms with Gasteiger partial charge in [-0.1, -0.05) is 32.9 Å². The van der Waals surface area contributed by atoms with Crippen LogP contribution in [0.1, 0.15) is 32.0 Å². The maximum Gasteiger partial charge on any atom is 0.0459 e. The van der Waals surface area contributed by atoms with E-state index in [9.17, 15) is 0 Å². The first kappa shape index (κ1) is 11.2. The van der Waals surface area contributed by atoms with Crippen molar-refractivity contribution in [2.45, 2.75) is 32.6 Å². The summed E-state index contributed by atoms with van der Waals surface area (Å²) in [5, 5.41) is 1.32. The van der Waals surface area contributed by atoms with Gasteiger partial charge in [0.25, 0.3) is 0 Å². The molecule has 0 aliphatic heterocycles. The molecule has 0 spiro atoms. The Balaban J connectivity index is 2.57. The van der Waals surface area contributed by atoms with Gasteiger partial charge in [-0.25, -0.2) is 0 Å². The van der Waals surface area contributed by atoms with E-state index < -0.39 is 0 Å². The summed E-state index contributed by atoms with van der Waals surface area (Å²) in [6, 6.07) is 8.65. The van der Waals surface area contributed by atoms with Crippen molar-refractivity contribution >= 4 is 10.9 Å². The highest BCUT2D eigenvalue weighted by Crippen LogP contribution is 2.27. The molecule has 0 saturated heterocycles. The molecule has 16 heavy (non-hydrogen) atoms. The Hall–Kier alpha value is -1.28. The van der Waals surface area contributed by atoms with Crippen molar-refractivity contribution in [2.75, 3.05) is 6.54 Å². The quantitative estimate of drug-likeness (QED) is 0.796. The minimum Gasteiger partial charge on any atom is -0.358 e. The highest BCUT2D eigenvalue weighted by molar-refractivity contribution is 5.84. The first-order valence-corrected chi connectivity index (χ1v) is 5.83. The van der Waals surface area contributed by atoms with Gasteiger partial charge in [-0.2, -0.15) is 0 Å². The van der Waals surface area contributed by atoms with Crippen molar-refractivity contribution in [1.82, 2.24) is 4.98 Å². The molecule has 0 atom stereocenters. The zero-order valence-corrected chi connectivity index (χ0v) is 10.3. The Labute approximate surface area is 96.9 Å². The second kappa shape index (κ2) is 3.95. The third-order valence-electron chi connectivity index (χ3n) is 2.98. The Morgan fingerprint density at radius 3 is 2.62 bits per heavy atom. The van der Waals surface area contributed by atoms with Crippen LogP contribution in [0.4, 0.5) is 0 Å². The zero-order chi connectivity index (χ0) is 11.8. The van der Waals surface area contributed by atoms with Gasteiger partial charge in [-0.05, 0) is 30.7 Å². The molecule has 0 amide bonds. The molecule has 0 bridgehead atoms. The molecule has 86 valence electrons. The SMILES string of the molecule is CC(C)(C)c1cc2c(CCN)cccc2[nH]1. The number of nitrogens with one attached hydrogen (secondary N) is 1. The van der Waals surface area contributed by atoms with Gasteiger partial charge in [-0.3, -0.25) is 0 Å². The van der Waals surface area contributed by atoms with Gasteiger partial charge in [0.05, 0.1) is 0 Å². The summed E-state index contributed by atoms with van der Waals surface area (Å²) in [6.45, 7) is 7.37.